The molecular weight excluding hydrogens is 329 g/mol. The van der Waals surface area contributed by atoms with Gasteiger partial charge in [-0.3, -0.25) is 9.97 Å². The van der Waals surface area contributed by atoms with Crippen molar-refractivity contribution >= 4 is 0 Å². The lowest BCUT2D eigenvalue weighted by Gasteiger charge is -2.24. The van der Waals surface area contributed by atoms with Gasteiger partial charge in [-0.1, -0.05) is 18.2 Å². The summed E-state index contributed by atoms with van der Waals surface area (Å²) in [4.78, 5) is 8.75. The predicted octanol–water partition coefficient (Wildman–Crippen LogP) is 3.21. The Morgan fingerprint density at radius 2 is 1.96 bits per heavy atom. The molecule has 4 nitrogen and oxygen atoms in total. The molecular formula is C21H20FN3O. The summed E-state index contributed by atoms with van der Waals surface area (Å²) in [5, 5.41) is 14.2. The van der Waals surface area contributed by atoms with Gasteiger partial charge in [-0.05, 0) is 59.9 Å². The maximum absolute atomic E-state index is 13.3. The number of pyridine rings is 2. The molecule has 0 amide bonds. The van der Waals surface area contributed by atoms with Crippen molar-refractivity contribution in [2.24, 2.45) is 0 Å². The van der Waals surface area contributed by atoms with Crippen LogP contribution in [-0.4, -0.2) is 21.6 Å². The van der Waals surface area contributed by atoms with E-state index in [0.29, 0.717) is 25.9 Å². The summed E-state index contributed by atoms with van der Waals surface area (Å²) in [5.41, 5.74) is 3.50. The van der Waals surface area contributed by atoms with Crippen molar-refractivity contribution in [3.8, 4) is 11.4 Å². The number of rotatable bonds is 5. The third-order valence-corrected chi connectivity index (χ3v) is 4.88. The van der Waals surface area contributed by atoms with E-state index in [1.807, 2.05) is 36.5 Å². The smallest absolute Gasteiger partial charge is 0.123 e. The number of nitrogens with zero attached hydrogens (tertiary/aromatic N) is 2. The lowest BCUT2D eigenvalue weighted by atomic mass is 9.96. The van der Waals surface area contributed by atoms with E-state index in [2.05, 4.69) is 15.3 Å². The van der Waals surface area contributed by atoms with Crippen LogP contribution in [0, 0.1) is 5.82 Å². The number of fused-ring (bicyclic) bond motifs is 1. The molecule has 0 fully saturated rings. The highest BCUT2D eigenvalue weighted by Gasteiger charge is 2.36. The SMILES string of the molecule is OC1(CNCc2ccc(-c3ccccn3)nc2)CCc2cc(F)ccc21. The van der Waals surface area contributed by atoms with Crippen molar-refractivity contribution in [1.29, 1.82) is 0 Å². The molecule has 2 N–H and O–H groups in total. The van der Waals surface area contributed by atoms with Crippen LogP contribution in [0.3, 0.4) is 0 Å². The molecule has 0 saturated heterocycles. The largest absolute Gasteiger partial charge is 0.384 e. The second-order valence-electron chi connectivity index (χ2n) is 6.70. The van der Waals surface area contributed by atoms with E-state index in [1.54, 1.807) is 12.3 Å². The van der Waals surface area contributed by atoms with Crippen LogP contribution in [0.1, 0.15) is 23.1 Å². The Morgan fingerprint density at radius 3 is 2.73 bits per heavy atom. The van der Waals surface area contributed by atoms with E-state index in [4.69, 9.17) is 0 Å². The number of nitrogens with one attached hydrogen (secondary N) is 1. The van der Waals surface area contributed by atoms with Crippen LogP contribution in [0.15, 0.2) is 60.9 Å². The van der Waals surface area contributed by atoms with Gasteiger partial charge in [0.25, 0.3) is 0 Å². The molecule has 0 spiro atoms. The van der Waals surface area contributed by atoms with Crippen LogP contribution in [0.25, 0.3) is 11.4 Å². The van der Waals surface area contributed by atoms with Gasteiger partial charge in [0.05, 0.1) is 11.4 Å². The zero-order chi connectivity index (χ0) is 18.0. The van der Waals surface area contributed by atoms with E-state index in [0.717, 1.165) is 28.1 Å². The monoisotopic (exact) mass is 349 g/mol. The number of hydrogen-bond acceptors (Lipinski definition) is 4. The molecule has 3 aromatic rings. The molecule has 4 rings (SSSR count). The molecule has 0 bridgehead atoms. The van der Waals surface area contributed by atoms with Gasteiger partial charge < -0.3 is 10.4 Å². The maximum atomic E-state index is 13.3. The highest BCUT2D eigenvalue weighted by molar-refractivity contribution is 5.53. The summed E-state index contributed by atoms with van der Waals surface area (Å²) in [7, 11) is 0. The Balaban J connectivity index is 1.38. The number of aliphatic hydroxyl groups is 1. The van der Waals surface area contributed by atoms with Gasteiger partial charge >= 0.3 is 0 Å². The molecule has 0 aliphatic heterocycles. The first-order valence-corrected chi connectivity index (χ1v) is 8.72. The zero-order valence-electron chi connectivity index (χ0n) is 14.3. The summed E-state index contributed by atoms with van der Waals surface area (Å²) in [6.45, 7) is 1.03. The molecule has 1 aliphatic carbocycles. The van der Waals surface area contributed by atoms with Crippen LogP contribution < -0.4 is 5.32 Å². The summed E-state index contributed by atoms with van der Waals surface area (Å²) in [6, 6.07) is 14.3. The Kier molecular flexibility index (Phi) is 4.49. The van der Waals surface area contributed by atoms with Crippen molar-refractivity contribution < 1.29 is 9.50 Å². The fourth-order valence-corrected chi connectivity index (χ4v) is 3.49. The van der Waals surface area contributed by atoms with Gasteiger partial charge in [0.15, 0.2) is 0 Å². The molecule has 5 heteroatoms. The third kappa shape index (κ3) is 3.36. The highest BCUT2D eigenvalue weighted by atomic mass is 19.1. The van der Waals surface area contributed by atoms with Crippen LogP contribution in [0.4, 0.5) is 4.39 Å². The zero-order valence-corrected chi connectivity index (χ0v) is 14.3. The first kappa shape index (κ1) is 16.8. The first-order valence-electron chi connectivity index (χ1n) is 8.72. The quantitative estimate of drug-likeness (QED) is 0.743. The molecule has 1 atom stereocenters. The fraction of sp³-hybridized carbons (Fsp3) is 0.238. The van der Waals surface area contributed by atoms with Crippen molar-refractivity contribution in [2.75, 3.05) is 6.54 Å². The average molecular weight is 349 g/mol. The molecule has 1 aromatic carbocycles. The number of benzene rings is 1. The van der Waals surface area contributed by atoms with E-state index >= 15 is 0 Å². The minimum Gasteiger partial charge on any atom is -0.384 e. The molecule has 1 aliphatic rings. The lowest BCUT2D eigenvalue weighted by Crippen LogP contribution is -2.36. The van der Waals surface area contributed by atoms with Gasteiger partial charge in [-0.25, -0.2) is 4.39 Å². The maximum Gasteiger partial charge on any atom is 0.123 e. The number of hydrogen-bond donors (Lipinski definition) is 2. The first-order chi connectivity index (χ1) is 12.6. The van der Waals surface area contributed by atoms with Gasteiger partial charge in [-0.2, -0.15) is 0 Å². The fourth-order valence-electron chi connectivity index (χ4n) is 3.49. The third-order valence-electron chi connectivity index (χ3n) is 4.88. The predicted molar refractivity (Wildman–Crippen MR) is 97.8 cm³/mol. The van der Waals surface area contributed by atoms with Gasteiger partial charge in [0.1, 0.15) is 11.4 Å². The Morgan fingerprint density at radius 1 is 1.08 bits per heavy atom. The van der Waals surface area contributed by atoms with Gasteiger partial charge in [0.2, 0.25) is 0 Å². The van der Waals surface area contributed by atoms with E-state index in [-0.39, 0.29) is 5.82 Å². The number of aryl methyl sites for hydroxylation is 1. The standard InChI is InChI=1S/C21H20FN3O/c22-17-5-6-18-16(11-17)8-9-21(18,26)14-23-12-15-4-7-20(25-13-15)19-3-1-2-10-24-19/h1-7,10-11,13,23,26H,8-9,12,14H2. The molecule has 0 saturated carbocycles. The normalized spacial score (nSPS) is 18.7. The molecule has 1 unspecified atom stereocenters. The highest BCUT2D eigenvalue weighted by Crippen LogP contribution is 2.36. The van der Waals surface area contributed by atoms with Crippen molar-refractivity contribution in [1.82, 2.24) is 15.3 Å². The van der Waals surface area contributed by atoms with E-state index < -0.39 is 5.60 Å². The lowest BCUT2D eigenvalue weighted by molar-refractivity contribution is 0.0384. The average Bonchev–Trinajstić information content (AvgIpc) is 2.99. The molecule has 0 radical (unpaired) electrons. The topological polar surface area (TPSA) is 58.0 Å². The van der Waals surface area contributed by atoms with E-state index in [9.17, 15) is 9.50 Å². The van der Waals surface area contributed by atoms with Crippen LogP contribution in [0.5, 0.6) is 0 Å². The van der Waals surface area contributed by atoms with Crippen molar-refractivity contribution in [3.63, 3.8) is 0 Å². The summed E-state index contributed by atoms with van der Waals surface area (Å²) in [6.07, 6.45) is 4.87. The van der Waals surface area contributed by atoms with Crippen molar-refractivity contribution in [3.05, 3.63) is 83.4 Å². The van der Waals surface area contributed by atoms with Crippen LogP contribution in [0.2, 0.25) is 0 Å². The minimum atomic E-state index is -0.940. The summed E-state index contributed by atoms with van der Waals surface area (Å²) >= 11 is 0. The second kappa shape index (κ2) is 6.94. The number of aromatic nitrogens is 2. The Hall–Kier alpha value is -2.63. The van der Waals surface area contributed by atoms with E-state index in [1.165, 1.54) is 12.1 Å². The summed E-state index contributed by atoms with van der Waals surface area (Å²) in [5.74, 6) is -0.250. The van der Waals surface area contributed by atoms with Gasteiger partial charge in [0, 0.05) is 25.5 Å². The second-order valence-corrected chi connectivity index (χ2v) is 6.70. The Labute approximate surface area is 151 Å². The molecule has 2 aromatic heterocycles. The van der Waals surface area contributed by atoms with Crippen LogP contribution >= 0.6 is 0 Å². The van der Waals surface area contributed by atoms with Crippen LogP contribution in [-0.2, 0) is 18.6 Å². The summed E-state index contributed by atoms with van der Waals surface area (Å²) < 4.78 is 13.3. The van der Waals surface area contributed by atoms with Gasteiger partial charge in [-0.15, -0.1) is 0 Å². The molecule has 26 heavy (non-hydrogen) atoms. The molecule has 132 valence electrons. The minimum absolute atomic E-state index is 0.250. The Bertz CT molecular complexity index is 899. The molecule has 2 heterocycles. The number of halogens is 1. The van der Waals surface area contributed by atoms with Crippen molar-refractivity contribution in [2.45, 2.75) is 25.0 Å².